The molecule has 0 spiro atoms. The topological polar surface area (TPSA) is 16.4 Å². The van der Waals surface area contributed by atoms with Crippen LogP contribution >= 0.6 is 0 Å². The highest BCUT2D eigenvalue weighted by Crippen LogP contribution is 2.43. The third kappa shape index (κ3) is 4.35. The molecule has 0 saturated heterocycles. The van der Waals surface area contributed by atoms with Crippen molar-refractivity contribution in [3.05, 3.63) is 176 Å². The van der Waals surface area contributed by atoms with Crippen molar-refractivity contribution >= 4 is 60.5 Å². The zero-order chi connectivity index (χ0) is 30.5. The summed E-state index contributed by atoms with van der Waals surface area (Å²) in [6.07, 6.45) is 0. The molecule has 1 aromatic heterocycles. The fourth-order valence-electron chi connectivity index (χ4n) is 6.85. The van der Waals surface area contributed by atoms with Crippen LogP contribution in [0, 0.1) is 0 Å². The zero-order valence-electron chi connectivity index (χ0n) is 25.1. The molecule has 0 unspecified atom stereocenters. The van der Waals surface area contributed by atoms with Crippen LogP contribution < -0.4 is 4.90 Å². The smallest absolute Gasteiger partial charge is 0.143 e. The van der Waals surface area contributed by atoms with E-state index in [2.05, 4.69) is 169 Å². The quantitative estimate of drug-likeness (QED) is 0.186. The highest BCUT2D eigenvalue weighted by Gasteiger charge is 2.18. The molecule has 0 N–H and O–H groups in total. The van der Waals surface area contributed by atoms with Crippen LogP contribution in [0.15, 0.2) is 180 Å². The monoisotopic (exact) mass is 587 g/mol. The lowest BCUT2D eigenvalue weighted by molar-refractivity contribution is 0.670. The third-order valence-electron chi connectivity index (χ3n) is 9.06. The van der Waals surface area contributed by atoms with E-state index in [1.54, 1.807) is 0 Å². The van der Waals surface area contributed by atoms with Crippen molar-refractivity contribution in [2.75, 3.05) is 4.90 Å². The molecule has 0 bridgehead atoms. The van der Waals surface area contributed by atoms with Crippen LogP contribution in [-0.2, 0) is 0 Å². The van der Waals surface area contributed by atoms with Gasteiger partial charge in [0.1, 0.15) is 11.2 Å². The van der Waals surface area contributed by atoms with Gasteiger partial charge in [-0.2, -0.15) is 0 Å². The highest BCUT2D eigenvalue weighted by molar-refractivity contribution is 6.15. The Labute approximate surface area is 267 Å². The first kappa shape index (κ1) is 26.3. The van der Waals surface area contributed by atoms with Gasteiger partial charge >= 0.3 is 0 Å². The summed E-state index contributed by atoms with van der Waals surface area (Å²) in [5, 5.41) is 7.22. The van der Waals surface area contributed by atoms with Crippen molar-refractivity contribution in [2.45, 2.75) is 0 Å². The number of hydrogen-bond donors (Lipinski definition) is 0. The van der Waals surface area contributed by atoms with E-state index in [9.17, 15) is 0 Å². The first-order valence-electron chi connectivity index (χ1n) is 15.7. The SMILES string of the molecule is c1ccc(-c2ccc(N(c3ccc(-c4cccc5c4oc4ccccc45)cc3)c3cccc4ccc5ccccc5c34)cc2)cc1. The normalized spacial score (nSPS) is 11.5. The predicted molar refractivity (Wildman–Crippen MR) is 194 cm³/mol. The number of para-hydroxylation sites is 2. The lowest BCUT2D eigenvalue weighted by Gasteiger charge is -2.28. The van der Waals surface area contributed by atoms with E-state index in [4.69, 9.17) is 4.42 Å². The summed E-state index contributed by atoms with van der Waals surface area (Å²) in [5.41, 5.74) is 9.80. The molecule has 2 heteroatoms. The number of anilines is 3. The Balaban J connectivity index is 1.22. The maximum Gasteiger partial charge on any atom is 0.143 e. The van der Waals surface area contributed by atoms with Crippen molar-refractivity contribution in [2.24, 2.45) is 0 Å². The van der Waals surface area contributed by atoms with Crippen LogP contribution in [0.2, 0.25) is 0 Å². The molecule has 0 atom stereocenters. The number of furan rings is 1. The van der Waals surface area contributed by atoms with Crippen LogP contribution in [0.25, 0.3) is 65.7 Å². The zero-order valence-corrected chi connectivity index (χ0v) is 25.1. The van der Waals surface area contributed by atoms with Gasteiger partial charge in [-0.25, -0.2) is 0 Å². The number of hydrogen-bond acceptors (Lipinski definition) is 2. The van der Waals surface area contributed by atoms with E-state index in [0.29, 0.717) is 0 Å². The Kier molecular flexibility index (Phi) is 6.17. The van der Waals surface area contributed by atoms with Gasteiger partial charge in [0.15, 0.2) is 0 Å². The number of fused-ring (bicyclic) bond motifs is 6. The van der Waals surface area contributed by atoms with Gasteiger partial charge in [0.05, 0.1) is 5.69 Å². The molecular weight excluding hydrogens is 558 g/mol. The molecule has 8 aromatic carbocycles. The molecule has 0 fully saturated rings. The molecule has 1 heterocycles. The molecule has 0 saturated carbocycles. The van der Waals surface area contributed by atoms with Gasteiger partial charge in [-0.05, 0) is 69.2 Å². The van der Waals surface area contributed by atoms with E-state index in [-0.39, 0.29) is 0 Å². The molecule has 0 aliphatic rings. The lowest BCUT2D eigenvalue weighted by Crippen LogP contribution is -2.10. The molecule has 2 nitrogen and oxygen atoms in total. The van der Waals surface area contributed by atoms with Crippen molar-refractivity contribution in [1.29, 1.82) is 0 Å². The number of nitrogens with zero attached hydrogens (tertiary/aromatic N) is 1. The third-order valence-corrected chi connectivity index (χ3v) is 9.06. The maximum atomic E-state index is 6.38. The van der Waals surface area contributed by atoms with E-state index in [1.165, 1.54) is 32.7 Å². The van der Waals surface area contributed by atoms with Gasteiger partial charge in [-0.1, -0.05) is 140 Å². The summed E-state index contributed by atoms with van der Waals surface area (Å²) in [4.78, 5) is 2.38. The molecule has 0 aliphatic carbocycles. The first-order valence-corrected chi connectivity index (χ1v) is 15.7. The number of benzene rings is 8. The largest absolute Gasteiger partial charge is 0.455 e. The lowest BCUT2D eigenvalue weighted by atomic mass is 9.98. The van der Waals surface area contributed by atoms with Gasteiger partial charge in [0.25, 0.3) is 0 Å². The second-order valence-corrected chi connectivity index (χ2v) is 11.7. The Hall–Kier alpha value is -6.12. The van der Waals surface area contributed by atoms with Crippen molar-refractivity contribution in [3.8, 4) is 22.3 Å². The van der Waals surface area contributed by atoms with Crippen molar-refractivity contribution in [1.82, 2.24) is 0 Å². The molecular formula is C44H29NO. The maximum absolute atomic E-state index is 6.38. The second-order valence-electron chi connectivity index (χ2n) is 11.7. The predicted octanol–water partition coefficient (Wildman–Crippen LogP) is 12.7. The summed E-state index contributed by atoms with van der Waals surface area (Å²) in [7, 11) is 0. The van der Waals surface area contributed by atoms with Crippen molar-refractivity contribution < 1.29 is 4.42 Å². The average molecular weight is 588 g/mol. The van der Waals surface area contributed by atoms with Crippen molar-refractivity contribution in [3.63, 3.8) is 0 Å². The van der Waals surface area contributed by atoms with Crippen LogP contribution in [0.4, 0.5) is 17.1 Å². The van der Waals surface area contributed by atoms with E-state index in [1.807, 2.05) is 12.1 Å². The van der Waals surface area contributed by atoms with Gasteiger partial charge in [-0.15, -0.1) is 0 Å². The highest BCUT2D eigenvalue weighted by atomic mass is 16.3. The van der Waals surface area contributed by atoms with E-state index >= 15 is 0 Å². The Morgan fingerprint density at radius 2 is 0.957 bits per heavy atom. The number of rotatable bonds is 5. The van der Waals surface area contributed by atoms with Crippen LogP contribution in [0.1, 0.15) is 0 Å². The molecule has 0 radical (unpaired) electrons. The van der Waals surface area contributed by atoms with Gasteiger partial charge in [0.2, 0.25) is 0 Å². The van der Waals surface area contributed by atoms with Crippen LogP contribution in [0.5, 0.6) is 0 Å². The molecule has 0 amide bonds. The minimum absolute atomic E-state index is 0.912. The second kappa shape index (κ2) is 10.8. The minimum atomic E-state index is 0.912. The summed E-state index contributed by atoms with van der Waals surface area (Å²) in [6, 6.07) is 62.7. The summed E-state index contributed by atoms with van der Waals surface area (Å²) >= 11 is 0. The van der Waals surface area contributed by atoms with Crippen LogP contribution in [0.3, 0.4) is 0 Å². The summed E-state index contributed by atoms with van der Waals surface area (Å²) in [6.45, 7) is 0. The van der Waals surface area contributed by atoms with Crippen LogP contribution in [-0.4, -0.2) is 0 Å². The Morgan fingerprint density at radius 3 is 1.76 bits per heavy atom. The fraction of sp³-hybridized carbons (Fsp3) is 0. The molecule has 9 aromatic rings. The minimum Gasteiger partial charge on any atom is -0.455 e. The summed E-state index contributed by atoms with van der Waals surface area (Å²) in [5.74, 6) is 0. The fourth-order valence-corrected chi connectivity index (χ4v) is 6.85. The van der Waals surface area contributed by atoms with E-state index < -0.39 is 0 Å². The van der Waals surface area contributed by atoms with E-state index in [0.717, 1.165) is 50.1 Å². The van der Waals surface area contributed by atoms with Gasteiger partial charge in [0, 0.05) is 33.1 Å². The summed E-state index contributed by atoms with van der Waals surface area (Å²) < 4.78 is 6.38. The molecule has 9 rings (SSSR count). The van der Waals surface area contributed by atoms with Gasteiger partial charge in [-0.3, -0.25) is 0 Å². The average Bonchev–Trinajstić information content (AvgIpc) is 3.52. The Bertz CT molecular complexity index is 2510. The standard InChI is InChI=1S/C44H29NO/c1-2-10-30(11-3-1)31-22-26-35(27-23-31)45(41-18-8-13-34-21-20-32-12-4-5-14-37(32)43(34)41)36-28-24-33(25-29-36)38-16-9-17-40-39-15-6-7-19-42(39)46-44(38)40/h1-29H. The molecule has 46 heavy (non-hydrogen) atoms. The van der Waals surface area contributed by atoms with Gasteiger partial charge < -0.3 is 9.32 Å². The molecule has 0 aliphatic heterocycles. The molecule has 216 valence electrons. The Morgan fingerprint density at radius 1 is 0.370 bits per heavy atom. The first-order chi connectivity index (χ1) is 22.8.